The molecule has 0 amide bonds. The molecule has 1 rings (SSSR count). The maximum Gasteiger partial charge on any atom is 0.335 e. The lowest BCUT2D eigenvalue weighted by molar-refractivity contribution is 0.0696. The van der Waals surface area contributed by atoms with Gasteiger partial charge in [0.25, 0.3) is 0 Å². The van der Waals surface area contributed by atoms with Crippen LogP contribution in [-0.4, -0.2) is 30.3 Å². The van der Waals surface area contributed by atoms with Crippen LogP contribution in [0.1, 0.15) is 10.4 Å². The van der Waals surface area contributed by atoms with Crippen LogP contribution in [-0.2, 0) is 0 Å². The van der Waals surface area contributed by atoms with E-state index in [1.54, 1.807) is 25.1 Å². The second-order valence-electron chi connectivity index (χ2n) is 2.90. The van der Waals surface area contributed by atoms with Gasteiger partial charge in [0.15, 0.2) is 0 Å². The molecule has 0 saturated heterocycles. The minimum Gasteiger partial charge on any atom is -0.506 e. The van der Waals surface area contributed by atoms with Crippen LogP contribution in [0.4, 0.5) is 5.69 Å². The fourth-order valence-corrected chi connectivity index (χ4v) is 1.03. The molecule has 4 heteroatoms. The highest BCUT2D eigenvalue weighted by Crippen LogP contribution is 2.26. The molecule has 0 spiro atoms. The monoisotopic (exact) mass is 181 g/mol. The highest BCUT2D eigenvalue weighted by molar-refractivity contribution is 5.89. The summed E-state index contributed by atoms with van der Waals surface area (Å²) in [6, 6.07) is 4.26. The maximum absolute atomic E-state index is 10.5. The Morgan fingerprint density at radius 2 is 2.00 bits per heavy atom. The van der Waals surface area contributed by atoms with Gasteiger partial charge in [0.2, 0.25) is 0 Å². The van der Waals surface area contributed by atoms with E-state index in [0.29, 0.717) is 5.69 Å². The molecule has 0 fully saturated rings. The second kappa shape index (κ2) is 3.35. The lowest BCUT2D eigenvalue weighted by Gasteiger charge is -2.13. The first-order valence-electron chi connectivity index (χ1n) is 3.76. The van der Waals surface area contributed by atoms with Crippen molar-refractivity contribution in [3.05, 3.63) is 23.8 Å². The van der Waals surface area contributed by atoms with E-state index in [1.165, 1.54) is 12.1 Å². The van der Waals surface area contributed by atoms with Crippen molar-refractivity contribution in [1.29, 1.82) is 0 Å². The molecule has 70 valence electrons. The van der Waals surface area contributed by atoms with E-state index >= 15 is 0 Å². The van der Waals surface area contributed by atoms with Crippen LogP contribution in [0.25, 0.3) is 0 Å². The number of phenols is 1. The number of hydrogen-bond acceptors (Lipinski definition) is 3. The first kappa shape index (κ1) is 9.38. The normalized spacial score (nSPS) is 9.69. The molecule has 0 atom stereocenters. The van der Waals surface area contributed by atoms with E-state index in [-0.39, 0.29) is 11.3 Å². The van der Waals surface area contributed by atoms with E-state index in [4.69, 9.17) is 5.11 Å². The van der Waals surface area contributed by atoms with Gasteiger partial charge in [-0.1, -0.05) is 0 Å². The summed E-state index contributed by atoms with van der Waals surface area (Å²) >= 11 is 0. The smallest absolute Gasteiger partial charge is 0.335 e. The van der Waals surface area contributed by atoms with Gasteiger partial charge in [-0.2, -0.15) is 0 Å². The largest absolute Gasteiger partial charge is 0.506 e. The molecular weight excluding hydrogens is 170 g/mol. The van der Waals surface area contributed by atoms with Crippen molar-refractivity contribution in [3.8, 4) is 5.75 Å². The van der Waals surface area contributed by atoms with Crippen molar-refractivity contribution in [2.24, 2.45) is 0 Å². The predicted molar refractivity (Wildman–Crippen MR) is 49.4 cm³/mol. The van der Waals surface area contributed by atoms with Crippen LogP contribution >= 0.6 is 0 Å². The number of aromatic carboxylic acids is 1. The number of carbonyl (C=O) groups is 1. The predicted octanol–water partition coefficient (Wildman–Crippen LogP) is 1.16. The Labute approximate surface area is 76.0 Å². The Morgan fingerprint density at radius 1 is 1.38 bits per heavy atom. The summed E-state index contributed by atoms with van der Waals surface area (Å²) in [5.41, 5.74) is 0.688. The molecule has 0 aliphatic carbocycles. The Hall–Kier alpha value is -1.71. The van der Waals surface area contributed by atoms with Crippen molar-refractivity contribution >= 4 is 11.7 Å². The molecule has 4 nitrogen and oxygen atoms in total. The number of anilines is 1. The van der Waals surface area contributed by atoms with Gasteiger partial charge < -0.3 is 15.1 Å². The molecule has 0 saturated carbocycles. The Morgan fingerprint density at radius 3 is 2.38 bits per heavy atom. The lowest BCUT2D eigenvalue weighted by Crippen LogP contribution is -2.09. The van der Waals surface area contributed by atoms with Crippen LogP contribution in [0, 0.1) is 0 Å². The third-order valence-electron chi connectivity index (χ3n) is 1.70. The summed E-state index contributed by atoms with van der Waals surface area (Å²) in [5.74, 6) is -1.06. The lowest BCUT2D eigenvalue weighted by atomic mass is 10.2. The van der Waals surface area contributed by atoms with Crippen LogP contribution in [0.5, 0.6) is 5.75 Å². The number of carboxylic acid groups (broad SMARTS) is 1. The molecule has 0 aromatic heterocycles. The number of carboxylic acids is 1. The van der Waals surface area contributed by atoms with Crippen molar-refractivity contribution in [2.75, 3.05) is 19.0 Å². The quantitative estimate of drug-likeness (QED) is 0.718. The number of rotatable bonds is 2. The zero-order valence-electron chi connectivity index (χ0n) is 7.48. The summed E-state index contributed by atoms with van der Waals surface area (Å²) in [4.78, 5) is 12.2. The summed E-state index contributed by atoms with van der Waals surface area (Å²) < 4.78 is 0. The SMILES string of the molecule is CN(C)c1ccc(C(=O)O)cc1O. The van der Waals surface area contributed by atoms with Gasteiger partial charge in [0.05, 0.1) is 11.3 Å². The van der Waals surface area contributed by atoms with Crippen LogP contribution in [0.15, 0.2) is 18.2 Å². The van der Waals surface area contributed by atoms with Crippen LogP contribution < -0.4 is 4.90 Å². The van der Waals surface area contributed by atoms with Gasteiger partial charge in [-0.05, 0) is 18.2 Å². The number of hydrogen-bond donors (Lipinski definition) is 2. The summed E-state index contributed by atoms with van der Waals surface area (Å²) in [7, 11) is 3.55. The van der Waals surface area contributed by atoms with Crippen LogP contribution in [0.3, 0.4) is 0 Å². The molecule has 2 N–H and O–H groups in total. The summed E-state index contributed by atoms with van der Waals surface area (Å²) in [5, 5.41) is 18.0. The second-order valence-corrected chi connectivity index (χ2v) is 2.90. The average molecular weight is 181 g/mol. The van der Waals surface area contributed by atoms with E-state index in [0.717, 1.165) is 0 Å². The molecule has 13 heavy (non-hydrogen) atoms. The number of nitrogens with zero attached hydrogens (tertiary/aromatic N) is 1. The fourth-order valence-electron chi connectivity index (χ4n) is 1.03. The molecule has 0 aliphatic heterocycles. The zero-order valence-corrected chi connectivity index (χ0v) is 7.48. The first-order valence-corrected chi connectivity index (χ1v) is 3.76. The molecule has 1 aromatic rings. The maximum atomic E-state index is 10.5. The van der Waals surface area contributed by atoms with Gasteiger partial charge in [0, 0.05) is 14.1 Å². The van der Waals surface area contributed by atoms with E-state index in [2.05, 4.69) is 0 Å². The standard InChI is InChI=1S/C9H11NO3/c1-10(2)7-4-3-6(9(12)13)5-8(7)11/h3-5,11H,1-2H3,(H,12,13). The van der Waals surface area contributed by atoms with Gasteiger partial charge >= 0.3 is 5.97 Å². The number of aromatic hydroxyl groups is 1. The van der Waals surface area contributed by atoms with Gasteiger partial charge in [-0.25, -0.2) is 4.79 Å². The summed E-state index contributed by atoms with van der Waals surface area (Å²) in [6.45, 7) is 0. The van der Waals surface area contributed by atoms with Crippen molar-refractivity contribution in [3.63, 3.8) is 0 Å². The molecule has 0 bridgehead atoms. The molecule has 1 aromatic carbocycles. The van der Waals surface area contributed by atoms with Gasteiger partial charge in [-0.15, -0.1) is 0 Å². The summed E-state index contributed by atoms with van der Waals surface area (Å²) in [6.07, 6.45) is 0. The number of phenolic OH excluding ortho intramolecular Hbond substituents is 1. The third kappa shape index (κ3) is 1.90. The molecule has 0 aliphatic rings. The highest BCUT2D eigenvalue weighted by atomic mass is 16.4. The molecule has 0 heterocycles. The van der Waals surface area contributed by atoms with Crippen molar-refractivity contribution in [1.82, 2.24) is 0 Å². The minimum absolute atomic E-state index is 0.0232. The van der Waals surface area contributed by atoms with Crippen LogP contribution in [0.2, 0.25) is 0 Å². The van der Waals surface area contributed by atoms with E-state index < -0.39 is 5.97 Å². The number of benzene rings is 1. The fraction of sp³-hybridized carbons (Fsp3) is 0.222. The minimum atomic E-state index is -1.04. The Kier molecular flexibility index (Phi) is 2.41. The molecule has 0 radical (unpaired) electrons. The van der Waals surface area contributed by atoms with Gasteiger partial charge in [0.1, 0.15) is 5.75 Å². The van der Waals surface area contributed by atoms with E-state index in [9.17, 15) is 9.90 Å². The average Bonchev–Trinajstić information content (AvgIpc) is 2.03. The van der Waals surface area contributed by atoms with Gasteiger partial charge in [-0.3, -0.25) is 0 Å². The van der Waals surface area contributed by atoms with Crippen molar-refractivity contribution < 1.29 is 15.0 Å². The van der Waals surface area contributed by atoms with E-state index in [1.807, 2.05) is 0 Å². The first-order chi connectivity index (χ1) is 6.02. The third-order valence-corrected chi connectivity index (χ3v) is 1.70. The van der Waals surface area contributed by atoms with Crippen molar-refractivity contribution in [2.45, 2.75) is 0 Å². The Balaban J connectivity index is 3.13. The molecular formula is C9H11NO3. The molecule has 0 unspecified atom stereocenters. The highest BCUT2D eigenvalue weighted by Gasteiger charge is 2.07. The topological polar surface area (TPSA) is 60.8 Å². The Bertz CT molecular complexity index is 334. The zero-order chi connectivity index (χ0) is 10.0.